The monoisotopic (exact) mass is 535 g/mol. The summed E-state index contributed by atoms with van der Waals surface area (Å²) in [5, 5.41) is 6.79. The fourth-order valence-electron chi connectivity index (χ4n) is 4.53. The average Bonchev–Trinajstić information content (AvgIpc) is 3.33. The van der Waals surface area contributed by atoms with Crippen LogP contribution in [0.4, 0.5) is 0 Å². The molecule has 3 heteroatoms. The zero-order chi connectivity index (χ0) is 21.2. The van der Waals surface area contributed by atoms with E-state index in [2.05, 4.69) is 87.5 Å². The quantitative estimate of drug-likeness (QED) is 0.205. The van der Waals surface area contributed by atoms with E-state index in [9.17, 15) is 0 Å². The molecule has 31 heavy (non-hydrogen) atoms. The molecule has 0 aliphatic rings. The van der Waals surface area contributed by atoms with E-state index in [1.165, 1.54) is 54.6 Å². The van der Waals surface area contributed by atoms with Gasteiger partial charge in [-0.1, -0.05) is 0 Å². The summed E-state index contributed by atoms with van der Waals surface area (Å²) < 4.78 is 5.72. The van der Waals surface area contributed by atoms with Crippen LogP contribution in [-0.4, -0.2) is 25.4 Å². The molecule has 0 N–H and O–H groups in total. The molecule has 6 aromatic rings. The Kier molecular flexibility index (Phi) is 4.51. The molecule has 0 aliphatic heterocycles. The van der Waals surface area contributed by atoms with Gasteiger partial charge >= 0.3 is 197 Å². The molecule has 3 aromatic carbocycles. The van der Waals surface area contributed by atoms with Crippen molar-refractivity contribution < 1.29 is 0 Å². The molecule has 0 amide bonds. The van der Waals surface area contributed by atoms with Crippen LogP contribution in [0.3, 0.4) is 0 Å². The van der Waals surface area contributed by atoms with Crippen molar-refractivity contribution >= 4 is 71.5 Å². The first kappa shape index (κ1) is 19.5. The van der Waals surface area contributed by atoms with Crippen LogP contribution in [0, 0.1) is 5.41 Å². The van der Waals surface area contributed by atoms with Crippen LogP contribution in [0.5, 0.6) is 0 Å². The van der Waals surface area contributed by atoms with Crippen molar-refractivity contribution in [2.24, 2.45) is 5.41 Å². The number of aromatic nitrogens is 1. The van der Waals surface area contributed by atoms with Crippen LogP contribution in [-0.2, 0) is 6.42 Å². The molecule has 152 valence electrons. The molecule has 1 nitrogen and oxygen atoms in total. The summed E-state index contributed by atoms with van der Waals surface area (Å²) in [5.41, 5.74) is 2.92. The summed E-state index contributed by atoms with van der Waals surface area (Å²) in [4.78, 5) is 4.88. The van der Waals surface area contributed by atoms with Crippen LogP contribution >= 0.6 is 11.3 Å². The molecule has 0 bridgehead atoms. The van der Waals surface area contributed by atoms with Gasteiger partial charge in [0.25, 0.3) is 0 Å². The number of benzene rings is 3. The van der Waals surface area contributed by atoms with E-state index in [0.29, 0.717) is 5.41 Å². The van der Waals surface area contributed by atoms with Gasteiger partial charge in [0.15, 0.2) is 0 Å². The SMILES string of the molecule is CC(C)(C)Cc1ccc2c(ccc3c4ccnc(-c5cc6ccccc6[te]5)c4sc23)c1. The fraction of sp³-hybridized carbons (Fsp3) is 0.179. The van der Waals surface area contributed by atoms with Gasteiger partial charge in [-0.2, -0.15) is 0 Å². The minimum absolute atomic E-state index is 0.298. The molecular formula is C28H23NSTe. The van der Waals surface area contributed by atoms with Gasteiger partial charge in [0.1, 0.15) is 0 Å². The normalized spacial score (nSPS) is 12.5. The third-order valence-electron chi connectivity index (χ3n) is 5.83. The molecule has 3 aromatic heterocycles. The van der Waals surface area contributed by atoms with Crippen molar-refractivity contribution in [2.45, 2.75) is 27.2 Å². The molecule has 3 heterocycles. The third kappa shape index (κ3) is 3.40. The summed E-state index contributed by atoms with van der Waals surface area (Å²) in [7, 11) is 0. The van der Waals surface area contributed by atoms with E-state index in [1.54, 1.807) is 0 Å². The molecule has 0 spiro atoms. The van der Waals surface area contributed by atoms with E-state index in [4.69, 9.17) is 4.98 Å². The number of hydrogen-bond acceptors (Lipinski definition) is 2. The number of fused-ring (bicyclic) bond motifs is 6. The first-order chi connectivity index (χ1) is 15.0. The summed E-state index contributed by atoms with van der Waals surface area (Å²) in [6.45, 7) is 6.92. The van der Waals surface area contributed by atoms with Crippen molar-refractivity contribution in [3.63, 3.8) is 0 Å². The number of nitrogens with zero attached hydrogens (tertiary/aromatic N) is 1. The fourth-order valence-corrected chi connectivity index (χ4v) is 9.11. The van der Waals surface area contributed by atoms with Crippen LogP contribution in [0.15, 0.2) is 72.9 Å². The van der Waals surface area contributed by atoms with E-state index >= 15 is 0 Å². The molecule has 0 saturated heterocycles. The summed E-state index contributed by atoms with van der Waals surface area (Å²) >= 11 is 1.54. The second-order valence-corrected chi connectivity index (χ2v) is 13.6. The van der Waals surface area contributed by atoms with E-state index in [-0.39, 0.29) is 20.4 Å². The maximum atomic E-state index is 4.88. The predicted molar refractivity (Wildman–Crippen MR) is 138 cm³/mol. The molecule has 0 atom stereocenters. The van der Waals surface area contributed by atoms with Gasteiger partial charge < -0.3 is 0 Å². The van der Waals surface area contributed by atoms with Crippen LogP contribution in [0.2, 0.25) is 0 Å². The predicted octanol–water partition coefficient (Wildman–Crippen LogP) is 8.07. The average molecular weight is 533 g/mol. The molecule has 0 fully saturated rings. The Labute approximate surface area is 196 Å². The summed E-state index contributed by atoms with van der Waals surface area (Å²) in [5.74, 6) is 0. The third-order valence-corrected chi connectivity index (χ3v) is 10.3. The summed E-state index contributed by atoms with van der Waals surface area (Å²) in [6, 6.07) is 25.0. The van der Waals surface area contributed by atoms with Crippen molar-refractivity contribution in [3.8, 4) is 9.27 Å². The Balaban J connectivity index is 1.57. The van der Waals surface area contributed by atoms with Gasteiger partial charge in [0.2, 0.25) is 0 Å². The van der Waals surface area contributed by atoms with Crippen molar-refractivity contribution in [1.29, 1.82) is 0 Å². The standard InChI is InChI=1S/C28H23NSTe/c1-28(2,3)16-17-8-10-20-18(14-17)9-11-21-22-12-13-29-25(27(22)30-26(20)21)24-15-19-6-4-5-7-23(19)31-24/h4-15H,16H2,1-3H3. The topological polar surface area (TPSA) is 12.9 Å². The zero-order valence-corrected chi connectivity index (χ0v) is 21.0. The van der Waals surface area contributed by atoms with Gasteiger partial charge in [-0.25, -0.2) is 0 Å². The van der Waals surface area contributed by atoms with Gasteiger partial charge in [0.05, 0.1) is 0 Å². The van der Waals surface area contributed by atoms with E-state index < -0.39 is 0 Å². The molecular weight excluding hydrogens is 510 g/mol. The van der Waals surface area contributed by atoms with Gasteiger partial charge in [0, 0.05) is 0 Å². The van der Waals surface area contributed by atoms with Crippen LogP contribution in [0.1, 0.15) is 26.3 Å². The molecule has 0 saturated carbocycles. The van der Waals surface area contributed by atoms with Crippen molar-refractivity contribution in [2.75, 3.05) is 0 Å². The Morgan fingerprint density at radius 2 is 1.61 bits per heavy atom. The Morgan fingerprint density at radius 1 is 0.806 bits per heavy atom. The maximum absolute atomic E-state index is 4.88. The van der Waals surface area contributed by atoms with Gasteiger partial charge in [-0.3, -0.25) is 0 Å². The molecule has 0 unspecified atom stereocenters. The Hall–Kier alpha value is -2.18. The molecule has 0 aliphatic carbocycles. The van der Waals surface area contributed by atoms with Gasteiger partial charge in [-0.05, 0) is 0 Å². The minimum atomic E-state index is -0.383. The number of rotatable bonds is 2. The van der Waals surface area contributed by atoms with E-state index in [1.807, 2.05) is 17.5 Å². The second-order valence-electron chi connectivity index (χ2n) is 9.52. The van der Waals surface area contributed by atoms with Crippen LogP contribution < -0.4 is 0 Å². The first-order valence-electron chi connectivity index (χ1n) is 10.7. The number of thiophene rings is 1. The van der Waals surface area contributed by atoms with E-state index in [0.717, 1.165) is 6.42 Å². The zero-order valence-electron chi connectivity index (χ0n) is 17.9. The van der Waals surface area contributed by atoms with Crippen LogP contribution in [0.25, 0.3) is 49.0 Å². The molecule has 0 radical (unpaired) electrons. The second kappa shape index (κ2) is 7.17. The first-order valence-corrected chi connectivity index (χ1v) is 13.8. The van der Waals surface area contributed by atoms with Crippen molar-refractivity contribution in [1.82, 2.24) is 4.98 Å². The molecule has 6 rings (SSSR count). The summed E-state index contributed by atoms with van der Waals surface area (Å²) in [6.07, 6.45) is 3.09. The Morgan fingerprint density at radius 3 is 2.45 bits per heavy atom. The number of hydrogen-bond donors (Lipinski definition) is 0. The Bertz CT molecular complexity index is 1560. The number of pyridine rings is 1. The van der Waals surface area contributed by atoms with Crippen molar-refractivity contribution in [3.05, 3.63) is 78.5 Å². The van der Waals surface area contributed by atoms with Gasteiger partial charge in [-0.15, -0.1) is 0 Å².